The number of para-hydroxylation sites is 2. The summed E-state index contributed by atoms with van der Waals surface area (Å²) in [4.78, 5) is 12.8. The molecule has 0 amide bonds. The minimum atomic E-state index is -0.784. The van der Waals surface area contributed by atoms with Gasteiger partial charge in [0, 0.05) is 13.6 Å². The fraction of sp³-hybridized carbons (Fsp3) is 0.500. The number of nitrogens with zero attached hydrogens (tertiary/aromatic N) is 1. The van der Waals surface area contributed by atoms with E-state index in [2.05, 4.69) is 6.92 Å². The van der Waals surface area contributed by atoms with Crippen molar-refractivity contribution < 1.29 is 14.6 Å². The van der Waals surface area contributed by atoms with Crippen molar-refractivity contribution >= 4 is 11.7 Å². The zero-order valence-electron chi connectivity index (χ0n) is 11.2. The van der Waals surface area contributed by atoms with Gasteiger partial charge in [-0.05, 0) is 18.6 Å². The van der Waals surface area contributed by atoms with Crippen molar-refractivity contribution in [1.29, 1.82) is 0 Å². The molecular weight excluding hydrogens is 230 g/mol. The minimum Gasteiger partial charge on any atom is -0.491 e. The summed E-state index contributed by atoms with van der Waals surface area (Å²) in [6.07, 6.45) is 0.948. The maximum Gasteiger partial charge on any atom is 0.308 e. The monoisotopic (exact) mass is 251 g/mol. The summed E-state index contributed by atoms with van der Waals surface area (Å²) < 4.78 is 5.66. The summed E-state index contributed by atoms with van der Waals surface area (Å²) in [5.74, 6) is -0.387. The van der Waals surface area contributed by atoms with Crippen LogP contribution in [0.3, 0.4) is 0 Å². The lowest BCUT2D eigenvalue weighted by atomic mass is 10.1. The van der Waals surface area contributed by atoms with Gasteiger partial charge in [0.15, 0.2) is 0 Å². The Balaban J connectivity index is 2.77. The van der Waals surface area contributed by atoms with Crippen LogP contribution in [-0.2, 0) is 4.79 Å². The average Bonchev–Trinajstić information content (AvgIpc) is 2.36. The Morgan fingerprint density at radius 1 is 1.44 bits per heavy atom. The van der Waals surface area contributed by atoms with Gasteiger partial charge in [0.05, 0.1) is 18.2 Å². The van der Waals surface area contributed by atoms with Gasteiger partial charge in [0.2, 0.25) is 0 Å². The van der Waals surface area contributed by atoms with Gasteiger partial charge in [0.1, 0.15) is 5.75 Å². The fourth-order valence-corrected chi connectivity index (χ4v) is 1.69. The molecule has 0 aliphatic heterocycles. The lowest BCUT2D eigenvalue weighted by Gasteiger charge is -2.24. The van der Waals surface area contributed by atoms with E-state index in [0.717, 1.165) is 17.9 Å². The maximum absolute atomic E-state index is 10.9. The molecular formula is C14H21NO3. The predicted molar refractivity (Wildman–Crippen MR) is 72.3 cm³/mol. The van der Waals surface area contributed by atoms with Gasteiger partial charge >= 0.3 is 5.97 Å². The third-order valence-electron chi connectivity index (χ3n) is 2.71. The van der Waals surface area contributed by atoms with Gasteiger partial charge in [-0.1, -0.05) is 26.0 Å². The first-order valence-electron chi connectivity index (χ1n) is 6.22. The summed E-state index contributed by atoms with van der Waals surface area (Å²) in [5.41, 5.74) is 0.930. The molecule has 0 heterocycles. The Morgan fingerprint density at radius 3 is 2.72 bits per heavy atom. The van der Waals surface area contributed by atoms with Crippen molar-refractivity contribution in [2.45, 2.75) is 20.3 Å². The van der Waals surface area contributed by atoms with E-state index in [0.29, 0.717) is 13.2 Å². The summed E-state index contributed by atoms with van der Waals surface area (Å²) in [7, 11) is 1.88. The van der Waals surface area contributed by atoms with E-state index in [1.807, 2.05) is 36.2 Å². The number of carbonyl (C=O) groups is 1. The number of rotatable bonds is 7. The Bertz CT molecular complexity index is 392. The molecule has 0 aliphatic carbocycles. The first-order valence-corrected chi connectivity index (χ1v) is 6.22. The second-order valence-corrected chi connectivity index (χ2v) is 4.44. The molecule has 1 unspecified atom stereocenters. The first-order chi connectivity index (χ1) is 8.56. The quantitative estimate of drug-likeness (QED) is 0.809. The molecule has 0 bridgehead atoms. The van der Waals surface area contributed by atoms with Gasteiger partial charge in [-0.25, -0.2) is 0 Å². The number of hydrogen-bond donors (Lipinski definition) is 1. The average molecular weight is 251 g/mol. The van der Waals surface area contributed by atoms with E-state index in [1.54, 1.807) is 6.92 Å². The molecule has 0 aromatic heterocycles. The number of hydrogen-bond acceptors (Lipinski definition) is 3. The normalized spacial score (nSPS) is 11.9. The van der Waals surface area contributed by atoms with Gasteiger partial charge in [-0.3, -0.25) is 4.79 Å². The molecule has 0 fully saturated rings. The molecule has 0 aliphatic rings. The van der Waals surface area contributed by atoms with Gasteiger partial charge in [-0.2, -0.15) is 0 Å². The van der Waals surface area contributed by atoms with Crippen molar-refractivity contribution in [3.63, 3.8) is 0 Å². The van der Waals surface area contributed by atoms with E-state index in [1.165, 1.54) is 0 Å². The molecule has 18 heavy (non-hydrogen) atoms. The Labute approximate surface area is 108 Å². The predicted octanol–water partition coefficient (Wildman–Crippen LogP) is 2.63. The van der Waals surface area contributed by atoms with Crippen LogP contribution in [-0.4, -0.2) is 31.3 Å². The smallest absolute Gasteiger partial charge is 0.308 e. The molecule has 100 valence electrons. The molecule has 4 nitrogen and oxygen atoms in total. The van der Waals surface area contributed by atoms with Crippen LogP contribution >= 0.6 is 0 Å². The third-order valence-corrected chi connectivity index (χ3v) is 2.71. The van der Waals surface area contributed by atoms with Crippen LogP contribution in [0.15, 0.2) is 24.3 Å². The standard InChI is InChI=1S/C14H21NO3/c1-4-9-18-13-8-6-5-7-12(13)15(3)10-11(2)14(16)17/h5-8,11H,4,9-10H2,1-3H3,(H,16,17). The number of benzene rings is 1. The van der Waals surface area contributed by atoms with Crippen LogP contribution in [0.1, 0.15) is 20.3 Å². The van der Waals surface area contributed by atoms with Crippen LogP contribution in [0.2, 0.25) is 0 Å². The van der Waals surface area contributed by atoms with E-state index < -0.39 is 11.9 Å². The van der Waals surface area contributed by atoms with Crippen molar-refractivity contribution in [2.24, 2.45) is 5.92 Å². The zero-order chi connectivity index (χ0) is 13.5. The maximum atomic E-state index is 10.9. The highest BCUT2D eigenvalue weighted by molar-refractivity contribution is 5.71. The molecule has 4 heteroatoms. The number of aliphatic carboxylic acids is 1. The van der Waals surface area contributed by atoms with E-state index >= 15 is 0 Å². The molecule has 1 atom stereocenters. The number of carboxylic acids is 1. The Hall–Kier alpha value is -1.71. The highest BCUT2D eigenvalue weighted by atomic mass is 16.5. The van der Waals surface area contributed by atoms with Crippen LogP contribution in [0.25, 0.3) is 0 Å². The van der Waals surface area contributed by atoms with Crippen LogP contribution in [0.5, 0.6) is 5.75 Å². The molecule has 1 aromatic carbocycles. The van der Waals surface area contributed by atoms with Gasteiger partial charge in [-0.15, -0.1) is 0 Å². The highest BCUT2D eigenvalue weighted by Gasteiger charge is 2.16. The van der Waals surface area contributed by atoms with Gasteiger partial charge < -0.3 is 14.7 Å². The molecule has 1 aromatic rings. The largest absolute Gasteiger partial charge is 0.491 e. The van der Waals surface area contributed by atoms with Crippen molar-refractivity contribution in [3.05, 3.63) is 24.3 Å². The fourth-order valence-electron chi connectivity index (χ4n) is 1.69. The first kappa shape index (κ1) is 14.4. The zero-order valence-corrected chi connectivity index (χ0v) is 11.2. The highest BCUT2D eigenvalue weighted by Crippen LogP contribution is 2.27. The molecule has 0 spiro atoms. The SMILES string of the molecule is CCCOc1ccccc1N(C)CC(C)C(=O)O. The van der Waals surface area contributed by atoms with Crippen molar-refractivity contribution in [3.8, 4) is 5.75 Å². The number of anilines is 1. The molecule has 0 radical (unpaired) electrons. The van der Waals surface area contributed by atoms with Gasteiger partial charge in [0.25, 0.3) is 0 Å². The second kappa shape index (κ2) is 6.89. The lowest BCUT2D eigenvalue weighted by Crippen LogP contribution is -2.28. The number of ether oxygens (including phenoxy) is 1. The summed E-state index contributed by atoms with van der Waals surface area (Å²) in [6.45, 7) is 4.88. The summed E-state index contributed by atoms with van der Waals surface area (Å²) in [5, 5.41) is 8.93. The molecule has 1 N–H and O–H groups in total. The van der Waals surface area contributed by atoms with Crippen LogP contribution in [0, 0.1) is 5.92 Å². The Kier molecular flexibility index (Phi) is 5.49. The molecule has 0 saturated carbocycles. The van der Waals surface area contributed by atoms with Crippen molar-refractivity contribution in [1.82, 2.24) is 0 Å². The van der Waals surface area contributed by atoms with Crippen molar-refractivity contribution in [2.75, 3.05) is 25.1 Å². The number of carboxylic acid groups (broad SMARTS) is 1. The van der Waals surface area contributed by atoms with Crippen LogP contribution < -0.4 is 9.64 Å². The molecule has 0 saturated heterocycles. The molecule has 1 rings (SSSR count). The van der Waals surface area contributed by atoms with E-state index in [9.17, 15) is 4.79 Å². The Morgan fingerprint density at radius 2 is 2.11 bits per heavy atom. The summed E-state index contributed by atoms with van der Waals surface area (Å²) in [6, 6.07) is 7.70. The topological polar surface area (TPSA) is 49.8 Å². The second-order valence-electron chi connectivity index (χ2n) is 4.44. The van der Waals surface area contributed by atoms with Crippen LogP contribution in [0.4, 0.5) is 5.69 Å². The third kappa shape index (κ3) is 3.95. The van der Waals surface area contributed by atoms with E-state index in [4.69, 9.17) is 9.84 Å². The van der Waals surface area contributed by atoms with E-state index in [-0.39, 0.29) is 0 Å². The lowest BCUT2D eigenvalue weighted by molar-refractivity contribution is -0.140. The minimum absolute atomic E-state index is 0.408. The summed E-state index contributed by atoms with van der Waals surface area (Å²) >= 11 is 0.